The normalized spacial score (nSPS) is 18.4. The van der Waals surface area contributed by atoms with Gasteiger partial charge in [-0.3, -0.25) is 4.79 Å². The summed E-state index contributed by atoms with van der Waals surface area (Å²) in [4.78, 5) is 28.8. The molecule has 2 heterocycles. The van der Waals surface area contributed by atoms with Crippen molar-refractivity contribution in [2.75, 3.05) is 19.6 Å². The molecule has 1 atom stereocenters. The van der Waals surface area contributed by atoms with Crippen molar-refractivity contribution in [3.8, 4) is 0 Å². The van der Waals surface area contributed by atoms with E-state index in [-0.39, 0.29) is 22.0 Å². The maximum absolute atomic E-state index is 12.4. The van der Waals surface area contributed by atoms with Gasteiger partial charge in [0, 0.05) is 25.8 Å². The predicted molar refractivity (Wildman–Crippen MR) is 80.5 cm³/mol. The van der Waals surface area contributed by atoms with Crippen LogP contribution in [-0.4, -0.2) is 41.5 Å². The van der Waals surface area contributed by atoms with Crippen LogP contribution in [0.4, 0.5) is 4.79 Å². The zero-order valence-electron chi connectivity index (χ0n) is 11.3. The number of aromatic nitrogens is 1. The van der Waals surface area contributed by atoms with E-state index in [2.05, 4.69) is 10.3 Å². The van der Waals surface area contributed by atoms with Gasteiger partial charge in [-0.25, -0.2) is 9.78 Å². The first-order valence-corrected chi connectivity index (χ1v) is 7.36. The van der Waals surface area contributed by atoms with Gasteiger partial charge in [0.2, 0.25) is 0 Å². The number of likely N-dealkylation sites (tertiary alicyclic amines) is 1. The molecular weight excluding hydrogens is 315 g/mol. The van der Waals surface area contributed by atoms with Crippen molar-refractivity contribution >= 4 is 35.1 Å². The van der Waals surface area contributed by atoms with E-state index in [9.17, 15) is 9.59 Å². The summed E-state index contributed by atoms with van der Waals surface area (Å²) in [6, 6.07) is 0.969. The fourth-order valence-corrected chi connectivity index (χ4v) is 2.65. The number of nitrogens with one attached hydrogen (secondary N) is 1. The summed E-state index contributed by atoms with van der Waals surface area (Å²) < 4.78 is 0. The lowest BCUT2D eigenvalue weighted by atomic mass is 9.97. The van der Waals surface area contributed by atoms with Crippen molar-refractivity contribution < 1.29 is 9.59 Å². The summed E-state index contributed by atoms with van der Waals surface area (Å²) in [6.07, 6.45) is 3.25. The number of pyridine rings is 1. The quantitative estimate of drug-likeness (QED) is 0.829. The van der Waals surface area contributed by atoms with Crippen molar-refractivity contribution in [2.45, 2.75) is 12.8 Å². The Morgan fingerprint density at radius 2 is 2.24 bits per heavy atom. The number of primary amides is 1. The van der Waals surface area contributed by atoms with Crippen molar-refractivity contribution in [2.24, 2.45) is 11.7 Å². The summed E-state index contributed by atoms with van der Waals surface area (Å²) >= 11 is 11.6. The number of rotatable bonds is 3. The minimum atomic E-state index is -0.549. The van der Waals surface area contributed by atoms with Gasteiger partial charge >= 0.3 is 6.03 Å². The van der Waals surface area contributed by atoms with Crippen LogP contribution >= 0.6 is 23.2 Å². The van der Waals surface area contributed by atoms with Crippen LogP contribution in [0.2, 0.25) is 10.2 Å². The number of hydrogen-bond acceptors (Lipinski definition) is 3. The molecule has 0 aliphatic carbocycles. The fourth-order valence-electron chi connectivity index (χ4n) is 2.38. The average molecular weight is 331 g/mol. The van der Waals surface area contributed by atoms with Crippen LogP contribution in [0.15, 0.2) is 12.3 Å². The second-order valence-electron chi connectivity index (χ2n) is 5.00. The number of nitrogens with zero attached hydrogens (tertiary/aromatic N) is 2. The van der Waals surface area contributed by atoms with Crippen molar-refractivity contribution in [1.29, 1.82) is 0 Å². The largest absolute Gasteiger partial charge is 0.352 e. The third kappa shape index (κ3) is 4.22. The number of carbonyl (C=O) groups excluding carboxylic acids is 2. The molecule has 1 aliphatic heterocycles. The topological polar surface area (TPSA) is 88.3 Å². The van der Waals surface area contributed by atoms with Gasteiger partial charge in [0.05, 0.1) is 10.6 Å². The van der Waals surface area contributed by atoms with Gasteiger partial charge in [0.25, 0.3) is 5.91 Å². The highest BCUT2D eigenvalue weighted by atomic mass is 35.5. The first-order chi connectivity index (χ1) is 9.97. The summed E-state index contributed by atoms with van der Waals surface area (Å²) in [7, 11) is 0. The molecule has 0 radical (unpaired) electrons. The van der Waals surface area contributed by atoms with E-state index >= 15 is 0 Å². The number of hydrogen-bond donors (Lipinski definition) is 2. The SMILES string of the molecule is NC(=O)NCC1CCCN(C(=O)c2cnc(Cl)c(Cl)c2)C1. The van der Waals surface area contributed by atoms with E-state index in [4.69, 9.17) is 28.9 Å². The van der Waals surface area contributed by atoms with Crippen LogP contribution < -0.4 is 11.1 Å². The first-order valence-electron chi connectivity index (χ1n) is 6.61. The van der Waals surface area contributed by atoms with E-state index in [0.717, 1.165) is 12.8 Å². The summed E-state index contributed by atoms with van der Waals surface area (Å²) in [5.74, 6) is 0.0655. The molecule has 1 aliphatic rings. The Labute approximate surface area is 132 Å². The molecule has 8 heteroatoms. The van der Waals surface area contributed by atoms with Crippen molar-refractivity contribution in [3.63, 3.8) is 0 Å². The molecule has 0 bridgehead atoms. The van der Waals surface area contributed by atoms with Crippen LogP contribution in [-0.2, 0) is 0 Å². The van der Waals surface area contributed by atoms with Crippen LogP contribution in [0.3, 0.4) is 0 Å². The average Bonchev–Trinajstić information content (AvgIpc) is 2.47. The standard InChI is InChI=1S/C13H16Cl2N4O2/c14-10-4-9(6-17-11(10)15)12(20)19-3-1-2-8(7-19)5-18-13(16)21/h4,6,8H,1-3,5,7H2,(H3,16,18,21). The van der Waals surface area contributed by atoms with E-state index in [1.165, 1.54) is 12.3 Å². The fraction of sp³-hybridized carbons (Fsp3) is 0.462. The lowest BCUT2D eigenvalue weighted by molar-refractivity contribution is 0.0674. The number of carbonyl (C=O) groups is 2. The smallest absolute Gasteiger partial charge is 0.312 e. The highest BCUT2D eigenvalue weighted by Crippen LogP contribution is 2.22. The Morgan fingerprint density at radius 3 is 2.90 bits per heavy atom. The molecule has 6 nitrogen and oxygen atoms in total. The second kappa shape index (κ2) is 6.95. The second-order valence-corrected chi connectivity index (χ2v) is 5.77. The molecule has 1 unspecified atom stereocenters. The summed E-state index contributed by atoms with van der Waals surface area (Å²) in [6.45, 7) is 1.71. The zero-order chi connectivity index (χ0) is 15.4. The minimum absolute atomic E-state index is 0.134. The Kier molecular flexibility index (Phi) is 5.25. The number of halogens is 2. The summed E-state index contributed by atoms with van der Waals surface area (Å²) in [5, 5.41) is 3.01. The molecule has 1 aromatic heterocycles. The molecule has 3 amide bonds. The highest BCUT2D eigenvalue weighted by molar-refractivity contribution is 6.41. The molecule has 114 valence electrons. The Morgan fingerprint density at radius 1 is 1.48 bits per heavy atom. The lowest BCUT2D eigenvalue weighted by Gasteiger charge is -2.32. The van der Waals surface area contributed by atoms with Gasteiger partial charge < -0.3 is 16.0 Å². The third-order valence-electron chi connectivity index (χ3n) is 3.41. The number of urea groups is 1. The molecule has 1 aromatic rings. The zero-order valence-corrected chi connectivity index (χ0v) is 12.8. The predicted octanol–water partition coefficient (Wildman–Crippen LogP) is 1.91. The molecular formula is C13H16Cl2N4O2. The molecule has 0 saturated carbocycles. The third-order valence-corrected chi connectivity index (χ3v) is 4.10. The molecule has 0 aromatic carbocycles. The van der Waals surface area contributed by atoms with Crippen LogP contribution in [0.25, 0.3) is 0 Å². The van der Waals surface area contributed by atoms with Gasteiger partial charge in [-0.05, 0) is 24.8 Å². The van der Waals surface area contributed by atoms with Gasteiger partial charge in [0.15, 0.2) is 0 Å². The van der Waals surface area contributed by atoms with E-state index < -0.39 is 6.03 Å². The highest BCUT2D eigenvalue weighted by Gasteiger charge is 2.25. The molecule has 1 saturated heterocycles. The van der Waals surface area contributed by atoms with Crippen LogP contribution in [0.5, 0.6) is 0 Å². The minimum Gasteiger partial charge on any atom is -0.352 e. The molecule has 1 fully saturated rings. The monoisotopic (exact) mass is 330 g/mol. The number of piperidine rings is 1. The number of amides is 3. The van der Waals surface area contributed by atoms with Crippen molar-refractivity contribution in [3.05, 3.63) is 28.0 Å². The molecule has 3 N–H and O–H groups in total. The van der Waals surface area contributed by atoms with Crippen LogP contribution in [0, 0.1) is 5.92 Å². The lowest BCUT2D eigenvalue weighted by Crippen LogP contribution is -2.44. The Hall–Kier alpha value is -1.53. The Bertz CT molecular complexity index is 553. The van der Waals surface area contributed by atoms with Gasteiger partial charge in [-0.1, -0.05) is 23.2 Å². The van der Waals surface area contributed by atoms with Gasteiger partial charge in [-0.2, -0.15) is 0 Å². The maximum Gasteiger partial charge on any atom is 0.312 e. The summed E-state index contributed by atoms with van der Waals surface area (Å²) in [5.41, 5.74) is 5.47. The van der Waals surface area contributed by atoms with E-state index in [0.29, 0.717) is 25.2 Å². The van der Waals surface area contributed by atoms with E-state index in [1.807, 2.05) is 0 Å². The van der Waals surface area contributed by atoms with E-state index in [1.54, 1.807) is 4.90 Å². The molecule has 21 heavy (non-hydrogen) atoms. The van der Waals surface area contributed by atoms with Crippen molar-refractivity contribution in [1.82, 2.24) is 15.2 Å². The van der Waals surface area contributed by atoms with Gasteiger partial charge in [0.1, 0.15) is 5.15 Å². The molecule has 0 spiro atoms. The van der Waals surface area contributed by atoms with Crippen LogP contribution in [0.1, 0.15) is 23.2 Å². The molecule has 2 rings (SSSR count). The maximum atomic E-state index is 12.4. The Balaban J connectivity index is 2.01. The number of nitrogens with two attached hydrogens (primary N) is 1. The first kappa shape index (κ1) is 15.9. The van der Waals surface area contributed by atoms with Gasteiger partial charge in [-0.15, -0.1) is 0 Å².